The van der Waals surface area contributed by atoms with Crippen LogP contribution in [0.1, 0.15) is 26.2 Å². The van der Waals surface area contributed by atoms with E-state index in [0.717, 1.165) is 15.7 Å². The Bertz CT molecular complexity index is 549. The van der Waals surface area contributed by atoms with Crippen LogP contribution in [0.15, 0.2) is 24.3 Å². The number of rotatable bonds is 5. The molecule has 0 aliphatic carbocycles. The number of para-hydroxylation sites is 1. The highest BCUT2D eigenvalue weighted by Gasteiger charge is 2.46. The number of nitrogens with zero attached hydrogens (tertiary/aromatic N) is 1. The molecule has 1 saturated heterocycles. The van der Waals surface area contributed by atoms with Crippen LogP contribution in [0.25, 0.3) is 0 Å². The van der Waals surface area contributed by atoms with Crippen LogP contribution in [-0.2, 0) is 9.59 Å². The van der Waals surface area contributed by atoms with Gasteiger partial charge in [0.15, 0.2) is 0 Å². The standard InChI is InChI=1S/C15H19IN2O3/c1-2-15(14(20)21)8-5-9-18(15)10-13(19)17-12-7-4-3-6-11(12)16/h3-4,6-7H,2,5,8-10H2,1H3,(H,17,19)(H,20,21). The van der Waals surface area contributed by atoms with Crippen molar-refractivity contribution in [3.63, 3.8) is 0 Å². The molecule has 2 N–H and O–H groups in total. The molecule has 0 bridgehead atoms. The lowest BCUT2D eigenvalue weighted by Gasteiger charge is -2.33. The molecule has 0 radical (unpaired) electrons. The van der Waals surface area contributed by atoms with Crippen molar-refractivity contribution in [3.05, 3.63) is 27.8 Å². The fraction of sp³-hybridized carbons (Fsp3) is 0.467. The topological polar surface area (TPSA) is 69.6 Å². The maximum atomic E-state index is 12.2. The predicted octanol–water partition coefficient (Wildman–Crippen LogP) is 2.56. The second-order valence-corrected chi connectivity index (χ2v) is 6.41. The van der Waals surface area contributed by atoms with E-state index >= 15 is 0 Å². The number of aliphatic carboxylic acids is 1. The summed E-state index contributed by atoms with van der Waals surface area (Å²) >= 11 is 2.16. The van der Waals surface area contributed by atoms with Crippen molar-refractivity contribution in [2.24, 2.45) is 0 Å². The molecule has 0 saturated carbocycles. The summed E-state index contributed by atoms with van der Waals surface area (Å²) in [6.07, 6.45) is 1.93. The van der Waals surface area contributed by atoms with Crippen LogP contribution >= 0.6 is 22.6 Å². The Hall–Kier alpha value is -1.15. The van der Waals surface area contributed by atoms with E-state index in [-0.39, 0.29) is 12.5 Å². The highest BCUT2D eigenvalue weighted by molar-refractivity contribution is 14.1. The van der Waals surface area contributed by atoms with Crippen molar-refractivity contribution in [2.75, 3.05) is 18.4 Å². The fourth-order valence-corrected chi connectivity index (χ4v) is 3.41. The summed E-state index contributed by atoms with van der Waals surface area (Å²) in [7, 11) is 0. The van der Waals surface area contributed by atoms with Crippen molar-refractivity contribution in [1.82, 2.24) is 4.90 Å². The highest BCUT2D eigenvalue weighted by atomic mass is 127. The van der Waals surface area contributed by atoms with Gasteiger partial charge in [-0.25, -0.2) is 0 Å². The van der Waals surface area contributed by atoms with E-state index in [2.05, 4.69) is 27.9 Å². The van der Waals surface area contributed by atoms with Gasteiger partial charge in [-0.3, -0.25) is 14.5 Å². The molecule has 1 aliphatic rings. The van der Waals surface area contributed by atoms with E-state index in [1.54, 1.807) is 4.90 Å². The molecule has 0 aromatic heterocycles. The van der Waals surface area contributed by atoms with Gasteiger partial charge in [-0.05, 0) is 60.5 Å². The summed E-state index contributed by atoms with van der Waals surface area (Å²) in [4.78, 5) is 25.6. The number of carbonyl (C=O) groups excluding carboxylic acids is 1. The van der Waals surface area contributed by atoms with Crippen molar-refractivity contribution >= 4 is 40.2 Å². The lowest BCUT2D eigenvalue weighted by molar-refractivity contribution is -0.150. The molecule has 6 heteroatoms. The van der Waals surface area contributed by atoms with Crippen molar-refractivity contribution in [1.29, 1.82) is 0 Å². The first-order chi connectivity index (χ1) is 9.99. The highest BCUT2D eigenvalue weighted by Crippen LogP contribution is 2.32. The maximum absolute atomic E-state index is 12.2. The Labute approximate surface area is 137 Å². The molecule has 1 aromatic rings. The molecular formula is C15H19IN2O3. The number of benzene rings is 1. The summed E-state index contributed by atoms with van der Waals surface area (Å²) in [5.41, 5.74) is -0.124. The molecule has 114 valence electrons. The summed E-state index contributed by atoms with van der Waals surface area (Å²) in [5, 5.41) is 12.4. The van der Waals surface area contributed by atoms with Crippen LogP contribution in [0.2, 0.25) is 0 Å². The van der Waals surface area contributed by atoms with Gasteiger partial charge >= 0.3 is 5.97 Å². The van der Waals surface area contributed by atoms with Gasteiger partial charge in [0.05, 0.1) is 12.2 Å². The number of carbonyl (C=O) groups is 2. The minimum atomic E-state index is -0.888. The number of likely N-dealkylation sites (tertiary alicyclic amines) is 1. The van der Waals surface area contributed by atoms with Crippen LogP contribution in [0.3, 0.4) is 0 Å². The molecule has 1 amide bonds. The molecule has 5 nitrogen and oxygen atoms in total. The van der Waals surface area contributed by atoms with E-state index in [0.29, 0.717) is 19.4 Å². The van der Waals surface area contributed by atoms with Gasteiger partial charge in [-0.15, -0.1) is 0 Å². The number of anilines is 1. The van der Waals surface area contributed by atoms with E-state index in [1.165, 1.54) is 0 Å². The van der Waals surface area contributed by atoms with Gasteiger partial charge < -0.3 is 10.4 Å². The van der Waals surface area contributed by atoms with E-state index in [1.807, 2.05) is 31.2 Å². The molecule has 1 fully saturated rings. The monoisotopic (exact) mass is 402 g/mol. The summed E-state index contributed by atoms with van der Waals surface area (Å²) in [6.45, 7) is 2.63. The SMILES string of the molecule is CCC1(C(=O)O)CCCN1CC(=O)Nc1ccccc1I. The maximum Gasteiger partial charge on any atom is 0.324 e. The first kappa shape index (κ1) is 16.2. The lowest BCUT2D eigenvalue weighted by Crippen LogP contribution is -2.52. The van der Waals surface area contributed by atoms with Crippen molar-refractivity contribution < 1.29 is 14.7 Å². The minimum Gasteiger partial charge on any atom is -0.480 e. The molecule has 1 atom stereocenters. The number of nitrogens with one attached hydrogen (secondary N) is 1. The fourth-order valence-electron chi connectivity index (χ4n) is 2.88. The van der Waals surface area contributed by atoms with Gasteiger partial charge in [0.25, 0.3) is 0 Å². The number of hydrogen-bond donors (Lipinski definition) is 2. The number of carboxylic acid groups (broad SMARTS) is 1. The number of hydrogen-bond acceptors (Lipinski definition) is 3. The Balaban J connectivity index is 2.06. The van der Waals surface area contributed by atoms with E-state index in [9.17, 15) is 14.7 Å². The number of carboxylic acids is 1. The zero-order valence-electron chi connectivity index (χ0n) is 11.9. The van der Waals surface area contributed by atoms with Crippen LogP contribution in [0.5, 0.6) is 0 Å². The third-order valence-corrected chi connectivity index (χ3v) is 5.03. The smallest absolute Gasteiger partial charge is 0.324 e. The lowest BCUT2D eigenvalue weighted by atomic mass is 9.93. The molecular weight excluding hydrogens is 383 g/mol. The van der Waals surface area contributed by atoms with E-state index in [4.69, 9.17) is 0 Å². The Kier molecular flexibility index (Phi) is 5.21. The molecule has 1 heterocycles. The third-order valence-electron chi connectivity index (χ3n) is 4.09. The Morgan fingerprint density at radius 2 is 2.14 bits per heavy atom. The van der Waals surface area contributed by atoms with Crippen LogP contribution in [-0.4, -0.2) is 40.5 Å². The summed E-state index contributed by atoms with van der Waals surface area (Å²) in [5.74, 6) is -0.996. The molecule has 1 aliphatic heterocycles. The van der Waals surface area contributed by atoms with Crippen LogP contribution in [0, 0.1) is 3.57 Å². The van der Waals surface area contributed by atoms with Crippen molar-refractivity contribution in [2.45, 2.75) is 31.7 Å². The minimum absolute atomic E-state index is 0.116. The van der Waals surface area contributed by atoms with Gasteiger partial charge in [0, 0.05) is 3.57 Å². The van der Waals surface area contributed by atoms with Gasteiger partial charge in [-0.1, -0.05) is 19.1 Å². The predicted molar refractivity (Wildman–Crippen MR) is 89.3 cm³/mol. The summed E-state index contributed by atoms with van der Waals surface area (Å²) in [6, 6.07) is 7.53. The molecule has 1 unspecified atom stereocenters. The Morgan fingerprint density at radius 1 is 1.43 bits per heavy atom. The van der Waals surface area contributed by atoms with E-state index < -0.39 is 11.5 Å². The Morgan fingerprint density at radius 3 is 2.76 bits per heavy atom. The molecule has 21 heavy (non-hydrogen) atoms. The van der Waals surface area contributed by atoms with Gasteiger partial charge in [0.2, 0.25) is 5.91 Å². The number of amides is 1. The first-order valence-corrected chi connectivity index (χ1v) is 8.10. The molecule has 2 rings (SSSR count). The average molecular weight is 402 g/mol. The molecule has 0 spiro atoms. The third kappa shape index (κ3) is 3.37. The zero-order valence-corrected chi connectivity index (χ0v) is 14.1. The first-order valence-electron chi connectivity index (χ1n) is 7.02. The summed E-state index contributed by atoms with van der Waals surface area (Å²) < 4.78 is 0.963. The van der Waals surface area contributed by atoms with Gasteiger partial charge in [-0.2, -0.15) is 0 Å². The quantitative estimate of drug-likeness (QED) is 0.743. The average Bonchev–Trinajstić information content (AvgIpc) is 2.85. The second kappa shape index (κ2) is 6.74. The second-order valence-electron chi connectivity index (χ2n) is 5.24. The largest absolute Gasteiger partial charge is 0.480 e. The number of halogens is 1. The van der Waals surface area contributed by atoms with Crippen LogP contribution < -0.4 is 5.32 Å². The zero-order chi connectivity index (χ0) is 15.5. The molecule has 1 aromatic carbocycles. The normalized spacial score (nSPS) is 22.2. The van der Waals surface area contributed by atoms with Crippen molar-refractivity contribution in [3.8, 4) is 0 Å². The van der Waals surface area contributed by atoms with Gasteiger partial charge in [0.1, 0.15) is 5.54 Å². The van der Waals surface area contributed by atoms with Crippen LogP contribution in [0.4, 0.5) is 5.69 Å².